The standard InChI is InChI=1S/C12H10ClF3N2OS/c1-2-9-10(19)18-11(20-9)17-6-3-4-8(13)7(5-6)12(14,15)16/h3-5,9H,2H2,1H3,(H,17,18,19). The van der Waals surface area contributed by atoms with E-state index in [0.717, 1.165) is 12.1 Å². The molecule has 0 radical (unpaired) electrons. The number of alkyl halides is 3. The first-order valence-corrected chi connectivity index (χ1v) is 7.00. The molecule has 1 fully saturated rings. The highest BCUT2D eigenvalue weighted by Crippen LogP contribution is 2.37. The molecule has 1 heterocycles. The van der Waals surface area contributed by atoms with Gasteiger partial charge in [-0.05, 0) is 24.6 Å². The second-order valence-corrected chi connectivity index (χ2v) is 5.68. The molecule has 1 atom stereocenters. The third-order valence-corrected chi connectivity index (χ3v) is 4.21. The summed E-state index contributed by atoms with van der Waals surface area (Å²) in [4.78, 5) is 15.5. The number of aliphatic imine (C=N–C) groups is 1. The maximum absolute atomic E-state index is 12.7. The average Bonchev–Trinajstić information content (AvgIpc) is 2.70. The van der Waals surface area contributed by atoms with Crippen LogP contribution in [0.1, 0.15) is 18.9 Å². The number of nitrogens with zero attached hydrogens (tertiary/aromatic N) is 1. The number of hydrogen-bond donors (Lipinski definition) is 1. The van der Waals surface area contributed by atoms with E-state index in [1.165, 1.54) is 17.8 Å². The van der Waals surface area contributed by atoms with Gasteiger partial charge in [-0.15, -0.1) is 0 Å². The number of carbonyl (C=O) groups is 1. The number of halogens is 4. The van der Waals surface area contributed by atoms with Crippen molar-refractivity contribution >= 4 is 40.1 Å². The van der Waals surface area contributed by atoms with Crippen LogP contribution in [0, 0.1) is 0 Å². The molecule has 1 aliphatic rings. The van der Waals surface area contributed by atoms with Crippen molar-refractivity contribution < 1.29 is 18.0 Å². The Balaban J connectivity index is 2.29. The summed E-state index contributed by atoms with van der Waals surface area (Å²) in [7, 11) is 0. The molecule has 0 aliphatic carbocycles. The van der Waals surface area contributed by atoms with E-state index in [9.17, 15) is 18.0 Å². The first kappa shape index (κ1) is 15.2. The minimum absolute atomic E-state index is 0.0984. The van der Waals surface area contributed by atoms with E-state index >= 15 is 0 Å². The van der Waals surface area contributed by atoms with Crippen LogP contribution in [-0.2, 0) is 11.0 Å². The van der Waals surface area contributed by atoms with Gasteiger partial charge in [0.05, 0.1) is 21.5 Å². The van der Waals surface area contributed by atoms with Crippen LogP contribution in [0.15, 0.2) is 23.2 Å². The lowest BCUT2D eigenvalue weighted by Gasteiger charge is -2.09. The summed E-state index contributed by atoms with van der Waals surface area (Å²) < 4.78 is 38.1. The molecule has 20 heavy (non-hydrogen) atoms. The van der Waals surface area contributed by atoms with Gasteiger partial charge in [0.1, 0.15) is 0 Å². The molecule has 2 rings (SSSR count). The van der Waals surface area contributed by atoms with Crippen LogP contribution in [-0.4, -0.2) is 16.3 Å². The molecule has 1 unspecified atom stereocenters. The molecule has 1 aromatic carbocycles. The minimum atomic E-state index is -4.54. The second kappa shape index (κ2) is 5.65. The lowest BCUT2D eigenvalue weighted by Crippen LogP contribution is -2.24. The van der Waals surface area contributed by atoms with Gasteiger partial charge in [0, 0.05) is 0 Å². The molecule has 1 amide bonds. The van der Waals surface area contributed by atoms with Crippen molar-refractivity contribution in [3.05, 3.63) is 28.8 Å². The van der Waals surface area contributed by atoms with Crippen LogP contribution < -0.4 is 5.32 Å². The van der Waals surface area contributed by atoms with Crippen LogP contribution in [0.3, 0.4) is 0 Å². The van der Waals surface area contributed by atoms with Crippen molar-refractivity contribution in [3.63, 3.8) is 0 Å². The highest BCUT2D eigenvalue weighted by atomic mass is 35.5. The van der Waals surface area contributed by atoms with E-state index < -0.39 is 11.7 Å². The summed E-state index contributed by atoms with van der Waals surface area (Å²) in [6.07, 6.45) is -3.91. The zero-order valence-corrected chi connectivity index (χ0v) is 11.9. The van der Waals surface area contributed by atoms with Crippen LogP contribution in [0.4, 0.5) is 18.9 Å². The minimum Gasteiger partial charge on any atom is -0.304 e. The smallest absolute Gasteiger partial charge is 0.304 e. The predicted molar refractivity (Wildman–Crippen MR) is 73.4 cm³/mol. The number of rotatable bonds is 2. The molecule has 3 nitrogen and oxygen atoms in total. The van der Waals surface area contributed by atoms with Gasteiger partial charge < -0.3 is 5.32 Å². The van der Waals surface area contributed by atoms with Gasteiger partial charge in [0.15, 0.2) is 5.17 Å². The van der Waals surface area contributed by atoms with Crippen molar-refractivity contribution in [1.29, 1.82) is 0 Å². The number of benzene rings is 1. The fraction of sp³-hybridized carbons (Fsp3) is 0.333. The molecule has 0 spiro atoms. The van der Waals surface area contributed by atoms with Gasteiger partial charge in [-0.3, -0.25) is 4.79 Å². The third-order valence-electron chi connectivity index (χ3n) is 2.63. The van der Waals surface area contributed by atoms with Gasteiger partial charge >= 0.3 is 6.18 Å². The second-order valence-electron chi connectivity index (χ2n) is 4.08. The first-order chi connectivity index (χ1) is 9.31. The largest absolute Gasteiger partial charge is 0.417 e. The molecule has 1 aliphatic heterocycles. The van der Waals surface area contributed by atoms with Crippen LogP contribution >= 0.6 is 23.4 Å². The zero-order valence-electron chi connectivity index (χ0n) is 10.3. The van der Waals surface area contributed by atoms with E-state index in [1.54, 1.807) is 0 Å². The van der Waals surface area contributed by atoms with E-state index in [0.29, 0.717) is 11.6 Å². The predicted octanol–water partition coefficient (Wildman–Crippen LogP) is 3.99. The number of carbonyl (C=O) groups excluding carboxylic acids is 1. The summed E-state index contributed by atoms with van der Waals surface area (Å²) in [5, 5.41) is 2.21. The van der Waals surface area contributed by atoms with Crippen LogP contribution in [0.5, 0.6) is 0 Å². The molecule has 8 heteroatoms. The molecule has 0 aromatic heterocycles. The number of thioether (sulfide) groups is 1. The van der Waals surface area contributed by atoms with Crippen molar-refractivity contribution in [1.82, 2.24) is 5.32 Å². The fourth-order valence-corrected chi connectivity index (χ4v) is 2.79. The van der Waals surface area contributed by atoms with Crippen molar-refractivity contribution in [3.8, 4) is 0 Å². The van der Waals surface area contributed by atoms with Gasteiger partial charge in [0.2, 0.25) is 5.91 Å². The molecule has 0 saturated carbocycles. The van der Waals surface area contributed by atoms with Gasteiger partial charge in [0.25, 0.3) is 0 Å². The topological polar surface area (TPSA) is 41.5 Å². The Labute approximate surface area is 122 Å². The highest BCUT2D eigenvalue weighted by Gasteiger charge is 2.33. The first-order valence-electron chi connectivity index (χ1n) is 5.74. The molecular formula is C12H10ClF3N2OS. The summed E-state index contributed by atoms with van der Waals surface area (Å²) >= 11 is 6.73. The number of amides is 1. The Morgan fingerprint density at radius 2 is 2.15 bits per heavy atom. The summed E-state index contributed by atoms with van der Waals surface area (Å²) in [5.41, 5.74) is -0.844. The van der Waals surface area contributed by atoms with Gasteiger partial charge in [-0.1, -0.05) is 30.3 Å². The van der Waals surface area contributed by atoms with E-state index in [-0.39, 0.29) is 21.9 Å². The zero-order chi connectivity index (χ0) is 14.9. The molecular weight excluding hydrogens is 313 g/mol. The quantitative estimate of drug-likeness (QED) is 0.894. The number of hydrogen-bond acceptors (Lipinski definition) is 3. The van der Waals surface area contributed by atoms with Gasteiger partial charge in [-0.2, -0.15) is 13.2 Å². The van der Waals surface area contributed by atoms with Crippen LogP contribution in [0.25, 0.3) is 0 Å². The lowest BCUT2D eigenvalue weighted by atomic mass is 10.2. The summed E-state index contributed by atoms with van der Waals surface area (Å²) in [6, 6.07) is 3.38. The maximum Gasteiger partial charge on any atom is 0.417 e. The average molecular weight is 323 g/mol. The number of amidine groups is 1. The molecule has 0 bridgehead atoms. The third kappa shape index (κ3) is 3.27. The Hall–Kier alpha value is -1.21. The summed E-state index contributed by atoms with van der Waals surface area (Å²) in [5.74, 6) is -0.179. The lowest BCUT2D eigenvalue weighted by molar-refractivity contribution is -0.137. The van der Waals surface area contributed by atoms with Crippen LogP contribution in [0.2, 0.25) is 5.02 Å². The molecule has 108 valence electrons. The van der Waals surface area contributed by atoms with E-state index in [4.69, 9.17) is 11.6 Å². The highest BCUT2D eigenvalue weighted by molar-refractivity contribution is 8.15. The Morgan fingerprint density at radius 1 is 1.45 bits per heavy atom. The molecule has 1 saturated heterocycles. The molecule has 1 N–H and O–H groups in total. The van der Waals surface area contributed by atoms with E-state index in [1.807, 2.05) is 6.92 Å². The Morgan fingerprint density at radius 3 is 2.70 bits per heavy atom. The monoisotopic (exact) mass is 322 g/mol. The fourth-order valence-electron chi connectivity index (χ4n) is 1.64. The maximum atomic E-state index is 12.7. The summed E-state index contributed by atoms with van der Waals surface area (Å²) in [6.45, 7) is 1.85. The SMILES string of the molecule is CCC1SC(=Nc2ccc(Cl)c(C(F)(F)F)c2)NC1=O. The Kier molecular flexibility index (Phi) is 4.29. The van der Waals surface area contributed by atoms with Crippen molar-refractivity contribution in [2.45, 2.75) is 24.8 Å². The van der Waals surface area contributed by atoms with Crippen molar-refractivity contribution in [2.75, 3.05) is 0 Å². The van der Waals surface area contributed by atoms with Gasteiger partial charge in [-0.25, -0.2) is 4.99 Å². The normalized spacial score (nSPS) is 21.4. The van der Waals surface area contributed by atoms with E-state index in [2.05, 4.69) is 10.3 Å². The van der Waals surface area contributed by atoms with Crippen molar-refractivity contribution in [2.24, 2.45) is 4.99 Å². The number of nitrogens with one attached hydrogen (secondary N) is 1. The Bertz CT molecular complexity index is 574. The molecule has 1 aromatic rings.